The summed E-state index contributed by atoms with van der Waals surface area (Å²) < 4.78 is 26.6. The van der Waals surface area contributed by atoms with Crippen LogP contribution in [0.1, 0.15) is 16.1 Å². The van der Waals surface area contributed by atoms with Crippen molar-refractivity contribution >= 4 is 55.0 Å². The van der Waals surface area contributed by atoms with E-state index in [0.29, 0.717) is 3.79 Å². The molecule has 0 bridgehead atoms. The molecule has 1 atom stereocenters. The topological polar surface area (TPSA) is 74.7 Å². The number of hydrogen-bond donors (Lipinski definition) is 1. The standard InChI is InChI=1S/C10H12BrNO4S3/c1-12(6-2-3-17-5-6)19(15,16)8-4-7(10(13)14)18-9(8)11/h4,6H,2-3,5H2,1H3,(H,13,14). The highest BCUT2D eigenvalue weighted by Gasteiger charge is 2.33. The van der Waals surface area contributed by atoms with Crippen molar-refractivity contribution in [2.24, 2.45) is 0 Å². The SMILES string of the molecule is CN(C1CCSC1)S(=O)(=O)c1cc(C(=O)O)sc1Br. The summed E-state index contributed by atoms with van der Waals surface area (Å²) in [6.45, 7) is 0. The van der Waals surface area contributed by atoms with Crippen LogP contribution in [0.2, 0.25) is 0 Å². The first-order valence-electron chi connectivity index (χ1n) is 5.42. The van der Waals surface area contributed by atoms with Gasteiger partial charge >= 0.3 is 5.97 Å². The van der Waals surface area contributed by atoms with Crippen molar-refractivity contribution in [3.63, 3.8) is 0 Å². The molecule has 1 N–H and O–H groups in total. The zero-order valence-corrected chi connectivity index (χ0v) is 14.0. The van der Waals surface area contributed by atoms with Crippen molar-refractivity contribution in [1.82, 2.24) is 4.31 Å². The van der Waals surface area contributed by atoms with Gasteiger partial charge in [-0.05, 0) is 34.2 Å². The lowest BCUT2D eigenvalue weighted by atomic mass is 10.3. The summed E-state index contributed by atoms with van der Waals surface area (Å²) in [4.78, 5) is 10.9. The molecule has 1 aliphatic rings. The summed E-state index contributed by atoms with van der Waals surface area (Å²) in [6.07, 6.45) is 0.827. The van der Waals surface area contributed by atoms with E-state index in [1.807, 2.05) is 0 Å². The van der Waals surface area contributed by atoms with Crippen molar-refractivity contribution in [3.05, 3.63) is 14.7 Å². The van der Waals surface area contributed by atoms with Gasteiger partial charge in [-0.3, -0.25) is 0 Å². The Balaban J connectivity index is 2.35. The third-order valence-corrected chi connectivity index (χ3v) is 8.24. The van der Waals surface area contributed by atoms with Crippen molar-refractivity contribution < 1.29 is 18.3 Å². The maximum atomic E-state index is 12.5. The number of sulfonamides is 1. The van der Waals surface area contributed by atoms with Crippen LogP contribution in [0, 0.1) is 0 Å². The third-order valence-electron chi connectivity index (χ3n) is 2.94. The molecule has 1 aromatic heterocycles. The number of halogens is 1. The molecule has 0 amide bonds. The van der Waals surface area contributed by atoms with Crippen molar-refractivity contribution in [1.29, 1.82) is 0 Å². The highest BCUT2D eigenvalue weighted by molar-refractivity contribution is 9.11. The van der Waals surface area contributed by atoms with E-state index < -0.39 is 16.0 Å². The van der Waals surface area contributed by atoms with Gasteiger partial charge in [-0.1, -0.05) is 0 Å². The average Bonchev–Trinajstić information content (AvgIpc) is 2.96. The molecule has 0 saturated carbocycles. The van der Waals surface area contributed by atoms with Gasteiger partial charge in [0.1, 0.15) is 9.77 Å². The van der Waals surface area contributed by atoms with Gasteiger partial charge in [0, 0.05) is 18.8 Å². The summed E-state index contributed by atoms with van der Waals surface area (Å²) in [5, 5.41) is 8.92. The maximum Gasteiger partial charge on any atom is 0.345 e. The van der Waals surface area contributed by atoms with E-state index in [9.17, 15) is 13.2 Å². The van der Waals surface area contributed by atoms with Crippen LogP contribution >= 0.6 is 39.0 Å². The Labute approximate surface area is 128 Å². The highest BCUT2D eigenvalue weighted by Crippen LogP contribution is 2.35. The second kappa shape index (κ2) is 5.72. The Bertz CT molecular complexity index is 592. The average molecular weight is 386 g/mol. The minimum atomic E-state index is -3.65. The fourth-order valence-corrected chi connectivity index (χ4v) is 6.89. The number of aromatic carboxylic acids is 1. The Hall–Kier alpha value is -0.0900. The minimum Gasteiger partial charge on any atom is -0.477 e. The van der Waals surface area contributed by atoms with Gasteiger partial charge < -0.3 is 5.11 Å². The van der Waals surface area contributed by atoms with Gasteiger partial charge in [0.15, 0.2) is 0 Å². The smallest absolute Gasteiger partial charge is 0.345 e. The van der Waals surface area contributed by atoms with E-state index in [1.165, 1.54) is 10.4 Å². The van der Waals surface area contributed by atoms with Crippen LogP contribution in [-0.2, 0) is 10.0 Å². The monoisotopic (exact) mass is 385 g/mol. The second-order valence-corrected chi connectivity index (χ2v) is 9.58. The van der Waals surface area contributed by atoms with Crippen molar-refractivity contribution in [2.45, 2.75) is 17.4 Å². The fraction of sp³-hybridized carbons (Fsp3) is 0.500. The van der Waals surface area contributed by atoms with Crippen LogP contribution in [0.5, 0.6) is 0 Å². The molecule has 1 fully saturated rings. The molecule has 0 radical (unpaired) electrons. The second-order valence-electron chi connectivity index (χ2n) is 4.09. The molecule has 1 aromatic rings. The van der Waals surface area contributed by atoms with Gasteiger partial charge in [-0.25, -0.2) is 13.2 Å². The van der Waals surface area contributed by atoms with E-state index in [-0.39, 0.29) is 15.8 Å². The van der Waals surface area contributed by atoms with Crippen LogP contribution in [0.15, 0.2) is 14.7 Å². The Kier molecular flexibility index (Phi) is 4.61. The first-order chi connectivity index (χ1) is 8.84. The van der Waals surface area contributed by atoms with E-state index in [0.717, 1.165) is 29.3 Å². The van der Waals surface area contributed by atoms with Crippen LogP contribution in [0.4, 0.5) is 0 Å². The lowest BCUT2D eigenvalue weighted by Gasteiger charge is -2.22. The molecule has 1 aliphatic heterocycles. The molecule has 9 heteroatoms. The number of carbonyl (C=O) groups is 1. The number of thiophene rings is 1. The highest BCUT2D eigenvalue weighted by atomic mass is 79.9. The summed E-state index contributed by atoms with van der Waals surface area (Å²) in [5.74, 6) is 0.616. The molecule has 2 rings (SSSR count). The predicted octanol–water partition coefficient (Wildman–Crippen LogP) is 2.33. The normalized spacial score (nSPS) is 20.1. The van der Waals surface area contributed by atoms with Crippen LogP contribution in [0.25, 0.3) is 0 Å². The van der Waals surface area contributed by atoms with Crippen LogP contribution < -0.4 is 0 Å². The number of nitrogens with zero attached hydrogens (tertiary/aromatic N) is 1. The molecule has 5 nitrogen and oxygen atoms in total. The summed E-state index contributed by atoms with van der Waals surface area (Å²) in [5.41, 5.74) is 0. The number of hydrogen-bond acceptors (Lipinski definition) is 5. The van der Waals surface area contributed by atoms with Crippen molar-refractivity contribution in [2.75, 3.05) is 18.6 Å². The maximum absolute atomic E-state index is 12.5. The Morgan fingerprint density at radius 2 is 2.26 bits per heavy atom. The molecule has 106 valence electrons. The molecule has 19 heavy (non-hydrogen) atoms. The molecule has 1 saturated heterocycles. The lowest BCUT2D eigenvalue weighted by molar-refractivity contribution is 0.0702. The number of carboxylic acids is 1. The molecular formula is C10H12BrNO4S3. The van der Waals surface area contributed by atoms with Crippen LogP contribution in [-0.4, -0.2) is 48.4 Å². The van der Waals surface area contributed by atoms with E-state index >= 15 is 0 Å². The Morgan fingerprint density at radius 1 is 1.58 bits per heavy atom. The van der Waals surface area contributed by atoms with E-state index in [1.54, 1.807) is 18.8 Å². The molecule has 0 spiro atoms. The summed E-state index contributed by atoms with van der Waals surface area (Å²) >= 11 is 5.78. The summed E-state index contributed by atoms with van der Waals surface area (Å²) in [7, 11) is -2.09. The largest absolute Gasteiger partial charge is 0.477 e. The molecule has 1 unspecified atom stereocenters. The van der Waals surface area contributed by atoms with E-state index in [2.05, 4.69) is 15.9 Å². The zero-order valence-electron chi connectivity index (χ0n) is 10.00. The zero-order chi connectivity index (χ0) is 14.2. The molecule has 2 heterocycles. The Morgan fingerprint density at radius 3 is 2.74 bits per heavy atom. The lowest BCUT2D eigenvalue weighted by Crippen LogP contribution is -2.36. The van der Waals surface area contributed by atoms with Gasteiger partial charge in [-0.15, -0.1) is 11.3 Å². The quantitative estimate of drug-likeness (QED) is 0.860. The molecular weight excluding hydrogens is 374 g/mol. The third kappa shape index (κ3) is 2.99. The predicted molar refractivity (Wildman–Crippen MR) is 79.7 cm³/mol. The van der Waals surface area contributed by atoms with Gasteiger partial charge in [-0.2, -0.15) is 16.1 Å². The summed E-state index contributed by atoms with van der Waals surface area (Å²) in [6, 6.07) is 1.19. The number of thioether (sulfide) groups is 1. The first-order valence-corrected chi connectivity index (χ1v) is 9.63. The van der Waals surface area contributed by atoms with Gasteiger partial charge in [0.2, 0.25) is 10.0 Å². The first kappa shape index (κ1) is 15.3. The molecule has 0 aliphatic carbocycles. The van der Waals surface area contributed by atoms with Crippen molar-refractivity contribution in [3.8, 4) is 0 Å². The fourth-order valence-electron chi connectivity index (χ4n) is 1.79. The van der Waals surface area contributed by atoms with Gasteiger partial charge in [0.05, 0.1) is 3.79 Å². The number of rotatable bonds is 4. The number of carboxylic acid groups (broad SMARTS) is 1. The van der Waals surface area contributed by atoms with E-state index in [4.69, 9.17) is 5.11 Å². The minimum absolute atomic E-state index is 0.0136. The van der Waals surface area contributed by atoms with Gasteiger partial charge in [0.25, 0.3) is 0 Å². The van der Waals surface area contributed by atoms with Crippen LogP contribution in [0.3, 0.4) is 0 Å². The molecule has 0 aromatic carbocycles.